The minimum atomic E-state index is 0.0749. The highest BCUT2D eigenvalue weighted by Crippen LogP contribution is 2.19. The van der Waals surface area contributed by atoms with Crippen molar-refractivity contribution in [2.75, 3.05) is 12.4 Å². The number of hydrogen-bond donors (Lipinski definition) is 1. The molecule has 1 unspecified atom stereocenters. The van der Waals surface area contributed by atoms with Crippen molar-refractivity contribution in [1.82, 2.24) is 0 Å². The topological polar surface area (TPSA) is 44.0 Å². The maximum absolute atomic E-state index is 9.08. The summed E-state index contributed by atoms with van der Waals surface area (Å²) in [5, 5.41) is 19.5. The molecular weight excluding hydrogens is 182 g/mol. The molecule has 0 aliphatic rings. The number of thiocyanates is 1. The van der Waals surface area contributed by atoms with Gasteiger partial charge in [-0.15, -0.1) is 0 Å². The Kier molecular flexibility index (Phi) is 4.37. The quantitative estimate of drug-likeness (QED) is 0.743. The number of hydrogen-bond acceptors (Lipinski definition) is 3. The SMILES string of the molecule is N#CSCC(CO)c1ccccc1. The number of nitriles is 1. The van der Waals surface area contributed by atoms with Crippen molar-refractivity contribution >= 4 is 11.8 Å². The van der Waals surface area contributed by atoms with E-state index in [1.165, 1.54) is 11.8 Å². The maximum Gasteiger partial charge on any atom is 0.133 e. The zero-order valence-electron chi connectivity index (χ0n) is 7.18. The average Bonchev–Trinajstić information content (AvgIpc) is 2.21. The van der Waals surface area contributed by atoms with Crippen LogP contribution in [0.25, 0.3) is 0 Å². The molecular formula is C10H11NOS. The van der Waals surface area contributed by atoms with Gasteiger partial charge in [0.2, 0.25) is 0 Å². The van der Waals surface area contributed by atoms with Gasteiger partial charge in [-0.3, -0.25) is 0 Å². The average molecular weight is 193 g/mol. The zero-order valence-corrected chi connectivity index (χ0v) is 8.00. The Morgan fingerprint density at radius 3 is 2.62 bits per heavy atom. The van der Waals surface area contributed by atoms with Gasteiger partial charge in [0, 0.05) is 11.7 Å². The van der Waals surface area contributed by atoms with Crippen molar-refractivity contribution in [3.8, 4) is 5.40 Å². The normalized spacial score (nSPS) is 12.0. The summed E-state index contributed by atoms with van der Waals surface area (Å²) in [7, 11) is 0. The first kappa shape index (κ1) is 10.1. The summed E-state index contributed by atoms with van der Waals surface area (Å²) in [4.78, 5) is 0. The van der Waals surface area contributed by atoms with Crippen LogP contribution in [0.3, 0.4) is 0 Å². The largest absolute Gasteiger partial charge is 0.396 e. The Bertz CT molecular complexity index is 281. The molecule has 13 heavy (non-hydrogen) atoms. The molecule has 1 rings (SSSR count). The molecule has 0 aliphatic heterocycles. The third kappa shape index (κ3) is 3.10. The smallest absolute Gasteiger partial charge is 0.133 e. The van der Waals surface area contributed by atoms with Crippen LogP contribution >= 0.6 is 11.8 Å². The first-order chi connectivity index (χ1) is 6.38. The van der Waals surface area contributed by atoms with Crippen molar-refractivity contribution in [2.45, 2.75) is 5.92 Å². The lowest BCUT2D eigenvalue weighted by Crippen LogP contribution is -2.06. The van der Waals surface area contributed by atoms with E-state index in [1.54, 1.807) is 0 Å². The fourth-order valence-electron chi connectivity index (χ4n) is 1.12. The number of thioether (sulfide) groups is 1. The molecule has 0 fully saturated rings. The fraction of sp³-hybridized carbons (Fsp3) is 0.300. The Hall–Kier alpha value is -0.980. The number of aliphatic hydroxyl groups excluding tert-OH is 1. The van der Waals surface area contributed by atoms with Crippen LogP contribution in [0.2, 0.25) is 0 Å². The van der Waals surface area contributed by atoms with Crippen LogP contribution in [0.1, 0.15) is 11.5 Å². The van der Waals surface area contributed by atoms with Crippen molar-refractivity contribution in [3.05, 3.63) is 35.9 Å². The van der Waals surface area contributed by atoms with Crippen molar-refractivity contribution in [2.24, 2.45) is 0 Å². The molecule has 1 atom stereocenters. The van der Waals surface area contributed by atoms with Gasteiger partial charge in [0.1, 0.15) is 5.40 Å². The summed E-state index contributed by atoms with van der Waals surface area (Å²) in [6.07, 6.45) is 0. The Morgan fingerprint density at radius 2 is 2.08 bits per heavy atom. The second-order valence-corrected chi connectivity index (χ2v) is 3.50. The number of rotatable bonds is 4. The molecule has 0 saturated heterocycles. The van der Waals surface area contributed by atoms with Gasteiger partial charge in [-0.2, -0.15) is 5.26 Å². The zero-order chi connectivity index (χ0) is 9.52. The van der Waals surface area contributed by atoms with Crippen molar-refractivity contribution < 1.29 is 5.11 Å². The van der Waals surface area contributed by atoms with Crippen molar-refractivity contribution in [3.63, 3.8) is 0 Å². The molecule has 0 bridgehead atoms. The van der Waals surface area contributed by atoms with Gasteiger partial charge in [0.05, 0.1) is 6.61 Å². The lowest BCUT2D eigenvalue weighted by atomic mass is 10.0. The highest BCUT2D eigenvalue weighted by Gasteiger charge is 2.09. The molecule has 1 aromatic rings. The van der Waals surface area contributed by atoms with Crippen LogP contribution in [0.15, 0.2) is 30.3 Å². The Balaban J connectivity index is 2.63. The van der Waals surface area contributed by atoms with Crippen LogP contribution in [0, 0.1) is 10.7 Å². The van der Waals surface area contributed by atoms with E-state index in [-0.39, 0.29) is 12.5 Å². The van der Waals surface area contributed by atoms with Gasteiger partial charge in [0.25, 0.3) is 0 Å². The van der Waals surface area contributed by atoms with E-state index in [2.05, 4.69) is 0 Å². The molecule has 3 heteroatoms. The summed E-state index contributed by atoms with van der Waals surface area (Å²) in [6.45, 7) is 0.0959. The molecule has 0 spiro atoms. The molecule has 0 heterocycles. The van der Waals surface area contributed by atoms with E-state index in [9.17, 15) is 0 Å². The van der Waals surface area contributed by atoms with Crippen LogP contribution in [0.5, 0.6) is 0 Å². The Labute approximate surface area is 82.2 Å². The van der Waals surface area contributed by atoms with Crippen LogP contribution in [0.4, 0.5) is 0 Å². The van der Waals surface area contributed by atoms with Crippen molar-refractivity contribution in [1.29, 1.82) is 5.26 Å². The highest BCUT2D eigenvalue weighted by atomic mass is 32.2. The first-order valence-electron chi connectivity index (χ1n) is 4.05. The molecule has 0 amide bonds. The number of aliphatic hydroxyl groups is 1. The minimum absolute atomic E-state index is 0.0749. The molecule has 0 aliphatic carbocycles. The van der Waals surface area contributed by atoms with Gasteiger partial charge >= 0.3 is 0 Å². The molecule has 1 N–H and O–H groups in total. The van der Waals surface area contributed by atoms with Crippen LogP contribution in [-0.4, -0.2) is 17.5 Å². The third-order valence-electron chi connectivity index (χ3n) is 1.84. The summed E-state index contributed by atoms with van der Waals surface area (Å²) in [5.74, 6) is 0.725. The van der Waals surface area contributed by atoms with Gasteiger partial charge in [-0.05, 0) is 17.3 Å². The molecule has 0 radical (unpaired) electrons. The summed E-state index contributed by atoms with van der Waals surface area (Å²) >= 11 is 1.18. The molecule has 0 saturated carbocycles. The van der Waals surface area contributed by atoms with E-state index < -0.39 is 0 Å². The highest BCUT2D eigenvalue weighted by molar-refractivity contribution is 8.03. The predicted molar refractivity (Wildman–Crippen MR) is 54.3 cm³/mol. The molecule has 2 nitrogen and oxygen atoms in total. The van der Waals surface area contributed by atoms with Gasteiger partial charge in [0.15, 0.2) is 0 Å². The van der Waals surface area contributed by atoms with Crippen LogP contribution < -0.4 is 0 Å². The molecule has 0 aromatic heterocycles. The van der Waals surface area contributed by atoms with Crippen LogP contribution in [-0.2, 0) is 0 Å². The fourth-order valence-corrected chi connectivity index (χ4v) is 1.69. The van der Waals surface area contributed by atoms with E-state index in [0.29, 0.717) is 5.75 Å². The summed E-state index contributed by atoms with van der Waals surface area (Å²) < 4.78 is 0. The molecule has 68 valence electrons. The summed E-state index contributed by atoms with van der Waals surface area (Å²) in [5.41, 5.74) is 1.09. The first-order valence-corrected chi connectivity index (χ1v) is 5.03. The lowest BCUT2D eigenvalue weighted by molar-refractivity contribution is 0.275. The minimum Gasteiger partial charge on any atom is -0.396 e. The van der Waals surface area contributed by atoms with Gasteiger partial charge < -0.3 is 5.11 Å². The molecule has 1 aromatic carbocycles. The third-order valence-corrected chi connectivity index (χ3v) is 2.54. The van der Waals surface area contributed by atoms with E-state index >= 15 is 0 Å². The number of nitrogens with zero attached hydrogens (tertiary/aromatic N) is 1. The maximum atomic E-state index is 9.08. The van der Waals surface area contributed by atoms with E-state index in [1.807, 2.05) is 35.7 Å². The predicted octanol–water partition coefficient (Wildman–Crippen LogP) is 1.98. The van der Waals surface area contributed by atoms with Gasteiger partial charge in [-0.1, -0.05) is 30.3 Å². The van der Waals surface area contributed by atoms with E-state index in [4.69, 9.17) is 10.4 Å². The van der Waals surface area contributed by atoms with E-state index in [0.717, 1.165) is 5.56 Å². The second kappa shape index (κ2) is 5.63. The lowest BCUT2D eigenvalue weighted by Gasteiger charge is -2.11. The monoisotopic (exact) mass is 193 g/mol. The Morgan fingerprint density at radius 1 is 1.38 bits per heavy atom. The van der Waals surface area contributed by atoms with Gasteiger partial charge in [-0.25, -0.2) is 0 Å². The standard InChI is InChI=1S/C10H11NOS/c11-8-13-7-10(6-12)9-4-2-1-3-5-9/h1-5,10,12H,6-7H2. The second-order valence-electron chi connectivity index (χ2n) is 2.69. The summed E-state index contributed by atoms with van der Waals surface area (Å²) in [6, 6.07) is 9.76. The number of benzene rings is 1.